The van der Waals surface area contributed by atoms with E-state index in [-0.39, 0.29) is 6.42 Å². The molecule has 0 spiro atoms. The van der Waals surface area contributed by atoms with Crippen LogP contribution in [0.3, 0.4) is 0 Å². The van der Waals surface area contributed by atoms with E-state index < -0.39 is 17.7 Å². The van der Waals surface area contributed by atoms with Gasteiger partial charge in [0.15, 0.2) is 0 Å². The molecule has 0 heterocycles. The highest BCUT2D eigenvalue weighted by atomic mass is 19.3. The van der Waals surface area contributed by atoms with Gasteiger partial charge in [-0.2, -0.15) is 0 Å². The Hall–Kier alpha value is -1.19. The van der Waals surface area contributed by atoms with Crippen LogP contribution in [0.5, 0.6) is 0 Å². The Kier molecular flexibility index (Phi) is 2.26. The van der Waals surface area contributed by atoms with Crippen molar-refractivity contribution >= 4 is 5.91 Å². The number of allylic oxidation sites excluding steroid dienone is 4. The molecule has 66 valence electrons. The van der Waals surface area contributed by atoms with Gasteiger partial charge in [0.2, 0.25) is 5.91 Å². The highest BCUT2D eigenvalue weighted by Gasteiger charge is 2.36. The fraction of sp³-hybridized carbons (Fsp3) is 0.375. The summed E-state index contributed by atoms with van der Waals surface area (Å²) >= 11 is 0. The molecule has 12 heavy (non-hydrogen) atoms. The van der Waals surface area contributed by atoms with Crippen LogP contribution in [0, 0.1) is 5.92 Å². The average Bonchev–Trinajstić information content (AvgIpc) is 1.92. The molecule has 0 fully saturated rings. The number of hydrogen-bond donors (Lipinski definition) is 1. The van der Waals surface area contributed by atoms with E-state index >= 15 is 0 Å². The first-order valence-corrected chi connectivity index (χ1v) is 3.54. The molecule has 1 atom stereocenters. The molecule has 0 saturated carbocycles. The minimum absolute atomic E-state index is 0.312. The molecule has 0 aromatic rings. The van der Waals surface area contributed by atoms with Crippen LogP contribution in [-0.4, -0.2) is 11.8 Å². The van der Waals surface area contributed by atoms with Crippen LogP contribution in [0.25, 0.3) is 0 Å². The predicted octanol–water partition coefficient (Wildman–Crippen LogP) is 1.24. The topological polar surface area (TPSA) is 43.1 Å². The Morgan fingerprint density at radius 1 is 1.50 bits per heavy atom. The van der Waals surface area contributed by atoms with E-state index in [0.29, 0.717) is 0 Å². The third kappa shape index (κ3) is 1.90. The number of nitrogens with two attached hydrogens (primary N) is 1. The summed E-state index contributed by atoms with van der Waals surface area (Å²) in [6.45, 7) is 0. The summed E-state index contributed by atoms with van der Waals surface area (Å²) in [6, 6.07) is 0. The Bertz CT molecular complexity index is 245. The van der Waals surface area contributed by atoms with Crippen molar-refractivity contribution in [2.24, 2.45) is 11.7 Å². The first kappa shape index (κ1) is 8.90. The van der Waals surface area contributed by atoms with Crippen molar-refractivity contribution < 1.29 is 13.6 Å². The van der Waals surface area contributed by atoms with Gasteiger partial charge in [0.25, 0.3) is 5.92 Å². The van der Waals surface area contributed by atoms with E-state index in [1.165, 1.54) is 18.2 Å². The molecule has 0 aliphatic heterocycles. The molecule has 1 unspecified atom stereocenters. The maximum Gasteiger partial charge on any atom is 0.273 e. The van der Waals surface area contributed by atoms with Crippen molar-refractivity contribution in [2.45, 2.75) is 12.3 Å². The third-order valence-corrected chi connectivity index (χ3v) is 1.69. The smallest absolute Gasteiger partial charge is 0.273 e. The molecule has 1 amide bonds. The standard InChI is InChI=1S/C8H9F2NO/c9-8(10)4-2-1-3-6(8)5-7(11)12/h1-4,6H,5H2,(H2,11,12). The predicted molar refractivity (Wildman–Crippen MR) is 40.5 cm³/mol. The third-order valence-electron chi connectivity index (χ3n) is 1.69. The number of amides is 1. The normalized spacial score (nSPS) is 25.7. The molecule has 1 aliphatic carbocycles. The minimum atomic E-state index is -2.94. The molecule has 0 aromatic heterocycles. The first-order valence-electron chi connectivity index (χ1n) is 3.54. The summed E-state index contributed by atoms with van der Waals surface area (Å²) in [6.07, 6.45) is 4.52. The van der Waals surface area contributed by atoms with Crippen molar-refractivity contribution in [3.05, 3.63) is 24.3 Å². The lowest BCUT2D eigenvalue weighted by Gasteiger charge is -2.21. The van der Waals surface area contributed by atoms with E-state index in [9.17, 15) is 13.6 Å². The Balaban J connectivity index is 2.70. The summed E-state index contributed by atoms with van der Waals surface area (Å²) in [5, 5.41) is 0. The quantitative estimate of drug-likeness (QED) is 0.670. The van der Waals surface area contributed by atoms with Gasteiger partial charge in [-0.05, 0) is 6.08 Å². The van der Waals surface area contributed by atoms with Crippen molar-refractivity contribution in [1.82, 2.24) is 0 Å². The van der Waals surface area contributed by atoms with Crippen LogP contribution >= 0.6 is 0 Å². The van der Waals surface area contributed by atoms with E-state index in [4.69, 9.17) is 5.73 Å². The summed E-state index contributed by atoms with van der Waals surface area (Å²) in [5.74, 6) is -4.73. The molecular weight excluding hydrogens is 164 g/mol. The minimum Gasteiger partial charge on any atom is -0.370 e. The van der Waals surface area contributed by atoms with Crippen molar-refractivity contribution in [3.8, 4) is 0 Å². The molecule has 4 heteroatoms. The van der Waals surface area contributed by atoms with Crippen LogP contribution in [0.1, 0.15) is 6.42 Å². The molecule has 0 aromatic carbocycles. The van der Waals surface area contributed by atoms with Crippen LogP contribution in [0.2, 0.25) is 0 Å². The average molecular weight is 173 g/mol. The van der Waals surface area contributed by atoms with Gasteiger partial charge in [0, 0.05) is 6.42 Å². The van der Waals surface area contributed by atoms with Gasteiger partial charge >= 0.3 is 0 Å². The van der Waals surface area contributed by atoms with E-state index in [1.54, 1.807) is 0 Å². The van der Waals surface area contributed by atoms with Crippen LogP contribution < -0.4 is 5.73 Å². The zero-order valence-corrected chi connectivity index (χ0v) is 6.34. The van der Waals surface area contributed by atoms with Crippen molar-refractivity contribution in [3.63, 3.8) is 0 Å². The lowest BCUT2D eigenvalue weighted by atomic mass is 9.93. The fourth-order valence-corrected chi connectivity index (χ4v) is 1.05. The summed E-state index contributed by atoms with van der Waals surface area (Å²) in [7, 11) is 0. The van der Waals surface area contributed by atoms with Crippen LogP contribution in [0.4, 0.5) is 8.78 Å². The summed E-state index contributed by atoms with van der Waals surface area (Å²) in [5.41, 5.74) is 4.81. The largest absolute Gasteiger partial charge is 0.370 e. The molecule has 2 N–H and O–H groups in total. The molecule has 1 rings (SSSR count). The monoisotopic (exact) mass is 173 g/mol. The highest BCUT2D eigenvalue weighted by molar-refractivity contribution is 5.74. The van der Waals surface area contributed by atoms with Crippen molar-refractivity contribution in [1.29, 1.82) is 0 Å². The van der Waals surface area contributed by atoms with Crippen LogP contribution in [0.15, 0.2) is 24.3 Å². The number of carbonyl (C=O) groups excluding carboxylic acids is 1. The second kappa shape index (κ2) is 3.05. The zero-order chi connectivity index (χ0) is 9.19. The number of carbonyl (C=O) groups is 1. The van der Waals surface area contributed by atoms with Gasteiger partial charge in [0.05, 0.1) is 5.92 Å². The molecule has 0 radical (unpaired) electrons. The van der Waals surface area contributed by atoms with Crippen LogP contribution in [-0.2, 0) is 4.79 Å². The second-order valence-corrected chi connectivity index (χ2v) is 2.70. The lowest BCUT2D eigenvalue weighted by molar-refractivity contribution is -0.120. The first-order chi connectivity index (χ1) is 5.52. The molecule has 0 bridgehead atoms. The van der Waals surface area contributed by atoms with Gasteiger partial charge in [-0.1, -0.05) is 18.2 Å². The van der Waals surface area contributed by atoms with Crippen molar-refractivity contribution in [2.75, 3.05) is 0 Å². The molecule has 2 nitrogen and oxygen atoms in total. The van der Waals surface area contributed by atoms with E-state index in [2.05, 4.69) is 0 Å². The Morgan fingerprint density at radius 3 is 2.67 bits per heavy atom. The van der Waals surface area contributed by atoms with Gasteiger partial charge in [0.1, 0.15) is 0 Å². The van der Waals surface area contributed by atoms with E-state index in [1.807, 2.05) is 0 Å². The van der Waals surface area contributed by atoms with Gasteiger partial charge in [-0.15, -0.1) is 0 Å². The molecular formula is C8H9F2NO. The number of hydrogen-bond acceptors (Lipinski definition) is 1. The SMILES string of the molecule is NC(=O)CC1C=CC=CC1(F)F. The zero-order valence-electron chi connectivity index (χ0n) is 6.34. The summed E-state index contributed by atoms with van der Waals surface area (Å²) in [4.78, 5) is 10.4. The Labute approximate surface area is 68.7 Å². The number of alkyl halides is 2. The second-order valence-electron chi connectivity index (χ2n) is 2.70. The van der Waals surface area contributed by atoms with Gasteiger partial charge < -0.3 is 5.73 Å². The summed E-state index contributed by atoms with van der Waals surface area (Å²) < 4.78 is 25.8. The maximum absolute atomic E-state index is 12.9. The van der Waals surface area contributed by atoms with Gasteiger partial charge in [-0.25, -0.2) is 8.78 Å². The molecule has 1 aliphatic rings. The number of rotatable bonds is 2. The maximum atomic E-state index is 12.9. The number of primary amides is 1. The molecule has 0 saturated heterocycles. The highest BCUT2D eigenvalue weighted by Crippen LogP contribution is 2.32. The fourth-order valence-electron chi connectivity index (χ4n) is 1.05. The Morgan fingerprint density at radius 2 is 2.17 bits per heavy atom. The lowest BCUT2D eigenvalue weighted by Crippen LogP contribution is -2.30. The van der Waals surface area contributed by atoms with Gasteiger partial charge in [-0.3, -0.25) is 4.79 Å². The van der Waals surface area contributed by atoms with E-state index in [0.717, 1.165) is 6.08 Å². The number of halogens is 2.